The molecule has 1 N–H and O–H groups in total. The first kappa shape index (κ1) is 21.5. The maximum atomic E-state index is 12.4. The standard InChI is InChI=1S/C20H28N2O6/c1-20(2,3)28-19(25)22-11-10-15(12-16(22)17(23)26-4)21-18(24)27-13-14-8-6-5-7-9-14/h5-9,15-16H,10-13H2,1-4H3,(H,21,24)/t15?,16-/m0/s1. The SMILES string of the molecule is COC(=O)[C@@H]1CC(NC(=O)OCc2ccccc2)CCN1C(=O)OC(C)(C)C. The van der Waals surface area contributed by atoms with Crippen LogP contribution in [0, 0.1) is 0 Å². The molecular formula is C20H28N2O6. The van der Waals surface area contributed by atoms with Gasteiger partial charge in [-0.25, -0.2) is 14.4 Å². The highest BCUT2D eigenvalue weighted by molar-refractivity contribution is 5.82. The number of esters is 1. The van der Waals surface area contributed by atoms with Gasteiger partial charge in [0.1, 0.15) is 18.2 Å². The number of nitrogens with one attached hydrogen (secondary N) is 1. The average molecular weight is 392 g/mol. The van der Waals surface area contributed by atoms with Gasteiger partial charge in [-0.3, -0.25) is 4.90 Å². The molecule has 0 bridgehead atoms. The van der Waals surface area contributed by atoms with E-state index >= 15 is 0 Å². The molecule has 1 aliphatic heterocycles. The summed E-state index contributed by atoms with van der Waals surface area (Å²) in [6, 6.07) is 8.20. The van der Waals surface area contributed by atoms with Gasteiger partial charge < -0.3 is 19.5 Å². The number of alkyl carbamates (subject to hydrolysis) is 1. The second-order valence-electron chi connectivity index (χ2n) is 7.64. The monoisotopic (exact) mass is 392 g/mol. The Labute approximate surface area is 165 Å². The summed E-state index contributed by atoms with van der Waals surface area (Å²) < 4.78 is 15.4. The molecule has 1 aliphatic rings. The number of hydrogen-bond donors (Lipinski definition) is 1. The first-order chi connectivity index (χ1) is 13.2. The fourth-order valence-corrected chi connectivity index (χ4v) is 2.93. The molecule has 1 heterocycles. The van der Waals surface area contributed by atoms with Crippen molar-refractivity contribution in [2.24, 2.45) is 0 Å². The normalized spacial score (nSPS) is 19.5. The van der Waals surface area contributed by atoms with Crippen molar-refractivity contribution in [3.8, 4) is 0 Å². The number of amides is 2. The van der Waals surface area contributed by atoms with Gasteiger partial charge in [-0.15, -0.1) is 0 Å². The van der Waals surface area contributed by atoms with E-state index in [1.165, 1.54) is 12.0 Å². The minimum atomic E-state index is -0.826. The van der Waals surface area contributed by atoms with Crippen LogP contribution in [0.3, 0.4) is 0 Å². The summed E-state index contributed by atoms with van der Waals surface area (Å²) >= 11 is 0. The van der Waals surface area contributed by atoms with Gasteiger partial charge in [0.2, 0.25) is 0 Å². The van der Waals surface area contributed by atoms with Crippen molar-refractivity contribution in [2.75, 3.05) is 13.7 Å². The topological polar surface area (TPSA) is 94.2 Å². The Bertz CT molecular complexity index is 686. The zero-order chi connectivity index (χ0) is 20.7. The van der Waals surface area contributed by atoms with Gasteiger partial charge in [0, 0.05) is 12.6 Å². The number of hydrogen-bond acceptors (Lipinski definition) is 6. The molecule has 1 unspecified atom stereocenters. The van der Waals surface area contributed by atoms with Gasteiger partial charge in [0.15, 0.2) is 0 Å². The fraction of sp³-hybridized carbons (Fsp3) is 0.550. The number of piperidine rings is 1. The first-order valence-corrected chi connectivity index (χ1v) is 9.24. The lowest BCUT2D eigenvalue weighted by atomic mass is 9.97. The maximum absolute atomic E-state index is 12.4. The largest absolute Gasteiger partial charge is 0.467 e. The van der Waals surface area contributed by atoms with Crippen LogP contribution in [0.1, 0.15) is 39.2 Å². The lowest BCUT2D eigenvalue weighted by Gasteiger charge is -2.38. The highest BCUT2D eigenvalue weighted by Gasteiger charge is 2.39. The lowest BCUT2D eigenvalue weighted by molar-refractivity contribution is -0.148. The Kier molecular flexibility index (Phi) is 7.25. The molecule has 2 rings (SSSR count). The molecule has 1 aromatic carbocycles. The fourth-order valence-electron chi connectivity index (χ4n) is 2.93. The van der Waals surface area contributed by atoms with Crippen LogP contribution in [-0.2, 0) is 25.6 Å². The number of likely N-dealkylation sites (tertiary alicyclic amines) is 1. The molecule has 2 atom stereocenters. The summed E-state index contributed by atoms with van der Waals surface area (Å²) in [4.78, 5) is 38.0. The summed E-state index contributed by atoms with van der Waals surface area (Å²) in [6.07, 6.45) is -0.435. The Morgan fingerprint density at radius 2 is 1.86 bits per heavy atom. The number of ether oxygens (including phenoxy) is 3. The number of carbonyl (C=O) groups is 3. The van der Waals surface area contributed by atoms with Crippen molar-refractivity contribution in [2.45, 2.75) is 57.9 Å². The lowest BCUT2D eigenvalue weighted by Crippen LogP contribution is -2.56. The third-order valence-electron chi connectivity index (χ3n) is 4.24. The van der Waals surface area contributed by atoms with Crippen molar-refractivity contribution in [3.05, 3.63) is 35.9 Å². The zero-order valence-corrected chi connectivity index (χ0v) is 16.8. The Morgan fingerprint density at radius 1 is 1.18 bits per heavy atom. The van der Waals surface area contributed by atoms with Crippen LogP contribution < -0.4 is 5.32 Å². The van der Waals surface area contributed by atoms with Crippen LogP contribution >= 0.6 is 0 Å². The number of nitrogens with zero attached hydrogens (tertiary/aromatic N) is 1. The molecule has 0 spiro atoms. The summed E-state index contributed by atoms with van der Waals surface area (Å²) in [6.45, 7) is 5.70. The van der Waals surface area contributed by atoms with Crippen LogP contribution in [0.4, 0.5) is 9.59 Å². The van der Waals surface area contributed by atoms with Gasteiger partial charge in [0.25, 0.3) is 0 Å². The summed E-state index contributed by atoms with van der Waals surface area (Å²) in [5, 5.41) is 2.76. The van der Waals surface area contributed by atoms with Crippen molar-refractivity contribution in [1.29, 1.82) is 0 Å². The Hall–Kier alpha value is -2.77. The van der Waals surface area contributed by atoms with Crippen LogP contribution in [-0.4, -0.2) is 54.4 Å². The van der Waals surface area contributed by atoms with E-state index in [2.05, 4.69) is 5.32 Å². The smallest absolute Gasteiger partial charge is 0.411 e. The van der Waals surface area contributed by atoms with E-state index in [9.17, 15) is 14.4 Å². The Morgan fingerprint density at radius 3 is 2.46 bits per heavy atom. The van der Waals surface area contributed by atoms with Crippen LogP contribution in [0.15, 0.2) is 30.3 Å². The molecule has 0 radical (unpaired) electrons. The van der Waals surface area contributed by atoms with Crippen molar-refractivity contribution in [1.82, 2.24) is 10.2 Å². The minimum absolute atomic E-state index is 0.157. The van der Waals surface area contributed by atoms with Gasteiger partial charge >= 0.3 is 18.2 Å². The van der Waals surface area contributed by atoms with Crippen molar-refractivity contribution >= 4 is 18.2 Å². The van der Waals surface area contributed by atoms with Crippen LogP contribution in [0.2, 0.25) is 0 Å². The molecular weight excluding hydrogens is 364 g/mol. The summed E-state index contributed by atoms with van der Waals surface area (Å²) in [5.74, 6) is -0.546. The quantitative estimate of drug-likeness (QED) is 0.625. The molecule has 1 fully saturated rings. The minimum Gasteiger partial charge on any atom is -0.467 e. The van der Waals surface area contributed by atoms with E-state index in [0.29, 0.717) is 6.42 Å². The van der Waals surface area contributed by atoms with Gasteiger partial charge in [-0.2, -0.15) is 0 Å². The summed E-state index contributed by atoms with van der Waals surface area (Å²) in [5.41, 5.74) is 0.207. The molecule has 28 heavy (non-hydrogen) atoms. The first-order valence-electron chi connectivity index (χ1n) is 9.24. The van der Waals surface area contributed by atoms with E-state index in [0.717, 1.165) is 5.56 Å². The number of benzene rings is 1. The van der Waals surface area contributed by atoms with Crippen molar-refractivity contribution < 1.29 is 28.6 Å². The molecule has 0 saturated carbocycles. The molecule has 154 valence electrons. The molecule has 1 aromatic rings. The third kappa shape index (κ3) is 6.44. The summed E-state index contributed by atoms with van der Waals surface area (Å²) in [7, 11) is 1.26. The van der Waals surface area contributed by atoms with E-state index in [1.54, 1.807) is 20.8 Å². The van der Waals surface area contributed by atoms with E-state index in [4.69, 9.17) is 14.2 Å². The second kappa shape index (κ2) is 9.43. The van der Waals surface area contributed by atoms with E-state index in [-0.39, 0.29) is 25.6 Å². The van der Waals surface area contributed by atoms with E-state index in [1.807, 2.05) is 30.3 Å². The molecule has 8 nitrogen and oxygen atoms in total. The van der Waals surface area contributed by atoms with Crippen LogP contribution in [0.25, 0.3) is 0 Å². The number of carbonyl (C=O) groups excluding carboxylic acids is 3. The molecule has 0 aromatic heterocycles. The Balaban J connectivity index is 1.93. The molecule has 1 saturated heterocycles. The zero-order valence-electron chi connectivity index (χ0n) is 16.8. The predicted molar refractivity (Wildman–Crippen MR) is 102 cm³/mol. The van der Waals surface area contributed by atoms with Gasteiger partial charge in [0.05, 0.1) is 7.11 Å². The molecule has 2 amide bonds. The molecule has 8 heteroatoms. The van der Waals surface area contributed by atoms with Gasteiger partial charge in [-0.05, 0) is 39.2 Å². The average Bonchev–Trinajstić information content (AvgIpc) is 2.65. The highest BCUT2D eigenvalue weighted by atomic mass is 16.6. The third-order valence-corrected chi connectivity index (χ3v) is 4.24. The second-order valence-corrected chi connectivity index (χ2v) is 7.64. The highest BCUT2D eigenvalue weighted by Crippen LogP contribution is 2.22. The number of rotatable bonds is 4. The molecule has 0 aliphatic carbocycles. The number of methoxy groups -OCH3 is 1. The maximum Gasteiger partial charge on any atom is 0.411 e. The van der Waals surface area contributed by atoms with Crippen molar-refractivity contribution in [3.63, 3.8) is 0 Å². The van der Waals surface area contributed by atoms with Crippen LogP contribution in [0.5, 0.6) is 0 Å². The van der Waals surface area contributed by atoms with E-state index < -0.39 is 29.8 Å². The predicted octanol–water partition coefficient (Wildman–Crippen LogP) is 2.85. The van der Waals surface area contributed by atoms with Gasteiger partial charge in [-0.1, -0.05) is 30.3 Å².